The van der Waals surface area contributed by atoms with E-state index in [0.29, 0.717) is 29.7 Å². The summed E-state index contributed by atoms with van der Waals surface area (Å²) in [5.41, 5.74) is 2.68. The van der Waals surface area contributed by atoms with Crippen LogP contribution in [0.1, 0.15) is 30.4 Å². The average Bonchev–Trinajstić information content (AvgIpc) is 3.16. The van der Waals surface area contributed by atoms with Gasteiger partial charge in [-0.15, -0.1) is 0 Å². The molecule has 6 heteroatoms. The quantitative estimate of drug-likeness (QED) is 0.424. The van der Waals surface area contributed by atoms with E-state index in [-0.39, 0.29) is 5.82 Å². The molecule has 0 saturated carbocycles. The Morgan fingerprint density at radius 3 is 2.85 bits per heavy atom. The molecule has 0 radical (unpaired) electrons. The molecule has 1 unspecified atom stereocenters. The van der Waals surface area contributed by atoms with Crippen molar-refractivity contribution in [2.75, 3.05) is 6.61 Å². The molecule has 1 aliphatic heterocycles. The number of nitrogens with one attached hydrogen (secondary N) is 1. The molecule has 1 fully saturated rings. The fourth-order valence-electron chi connectivity index (χ4n) is 3.08. The van der Waals surface area contributed by atoms with Crippen LogP contribution in [0.2, 0.25) is 0 Å². The van der Waals surface area contributed by atoms with Gasteiger partial charge in [0.25, 0.3) is 0 Å². The lowest BCUT2D eigenvalue weighted by molar-refractivity contribution is -0.180. The molecule has 138 valence electrons. The minimum absolute atomic E-state index is 0.327. The first-order valence-electron chi connectivity index (χ1n) is 8.92. The maximum Gasteiger partial charge on any atom is 0.341 e. The van der Waals surface area contributed by atoms with Crippen molar-refractivity contribution in [1.29, 1.82) is 0 Å². The smallest absolute Gasteiger partial charge is 0.341 e. The standard InChI is InChI=1S/C21H19FN2O3/c22-17-7-4-14(5-8-17)11-18(21(25)27-20-3-1-2-10-26-20)15-6-9-19-16(12-15)13-23-24-19/h4-9,11-13,20H,1-3,10H2,(H,23,24). The van der Waals surface area contributed by atoms with Gasteiger partial charge < -0.3 is 9.47 Å². The van der Waals surface area contributed by atoms with Crippen molar-refractivity contribution in [3.05, 3.63) is 65.6 Å². The van der Waals surface area contributed by atoms with E-state index in [1.165, 1.54) is 12.1 Å². The van der Waals surface area contributed by atoms with Gasteiger partial charge in [0.15, 0.2) is 0 Å². The van der Waals surface area contributed by atoms with Crippen molar-refractivity contribution < 1.29 is 18.7 Å². The van der Waals surface area contributed by atoms with Crippen molar-refractivity contribution in [2.45, 2.75) is 25.6 Å². The molecule has 1 atom stereocenters. The number of carbonyl (C=O) groups excluding carboxylic acids is 1. The number of carbonyl (C=O) groups is 1. The van der Waals surface area contributed by atoms with E-state index in [2.05, 4.69) is 10.2 Å². The number of hydrogen-bond acceptors (Lipinski definition) is 4. The fourth-order valence-corrected chi connectivity index (χ4v) is 3.08. The van der Waals surface area contributed by atoms with Crippen molar-refractivity contribution >= 4 is 28.5 Å². The second-order valence-corrected chi connectivity index (χ2v) is 6.48. The summed E-state index contributed by atoms with van der Waals surface area (Å²) in [5, 5.41) is 7.79. The van der Waals surface area contributed by atoms with E-state index in [1.807, 2.05) is 18.2 Å². The third kappa shape index (κ3) is 4.06. The molecule has 5 nitrogen and oxygen atoms in total. The second kappa shape index (κ2) is 7.72. The summed E-state index contributed by atoms with van der Waals surface area (Å²) >= 11 is 0. The van der Waals surface area contributed by atoms with Crippen LogP contribution in [0, 0.1) is 5.82 Å². The van der Waals surface area contributed by atoms with Gasteiger partial charge in [-0.1, -0.05) is 18.2 Å². The molecule has 1 saturated heterocycles. The minimum atomic E-state index is -0.527. The molecule has 27 heavy (non-hydrogen) atoms. The Morgan fingerprint density at radius 2 is 2.07 bits per heavy atom. The Balaban J connectivity index is 1.69. The number of benzene rings is 2. The minimum Gasteiger partial charge on any atom is -0.432 e. The molecule has 0 amide bonds. The second-order valence-electron chi connectivity index (χ2n) is 6.48. The Bertz CT molecular complexity index is 973. The molecule has 0 aliphatic carbocycles. The maximum atomic E-state index is 13.2. The molecule has 1 N–H and O–H groups in total. The number of rotatable bonds is 4. The number of aromatic nitrogens is 2. The van der Waals surface area contributed by atoms with E-state index < -0.39 is 12.3 Å². The summed E-state index contributed by atoms with van der Waals surface area (Å²) in [4.78, 5) is 12.9. The highest BCUT2D eigenvalue weighted by Crippen LogP contribution is 2.25. The van der Waals surface area contributed by atoms with Gasteiger partial charge in [0.05, 0.1) is 23.9 Å². The zero-order chi connectivity index (χ0) is 18.6. The molecule has 1 aliphatic rings. The Kier molecular flexibility index (Phi) is 4.98. The lowest BCUT2D eigenvalue weighted by Gasteiger charge is -2.23. The first kappa shape index (κ1) is 17.4. The number of nitrogens with zero attached hydrogens (tertiary/aromatic N) is 1. The zero-order valence-electron chi connectivity index (χ0n) is 14.7. The molecule has 0 spiro atoms. The molecular formula is C21H19FN2O3. The van der Waals surface area contributed by atoms with Crippen molar-refractivity contribution in [2.24, 2.45) is 0 Å². The number of aromatic amines is 1. The van der Waals surface area contributed by atoms with Crippen LogP contribution >= 0.6 is 0 Å². The number of fused-ring (bicyclic) bond motifs is 1. The van der Waals surface area contributed by atoms with Crippen LogP contribution in [0.3, 0.4) is 0 Å². The lowest BCUT2D eigenvalue weighted by Crippen LogP contribution is -2.25. The maximum absolute atomic E-state index is 13.2. The highest BCUT2D eigenvalue weighted by molar-refractivity contribution is 6.22. The van der Waals surface area contributed by atoms with Gasteiger partial charge in [0.1, 0.15) is 5.82 Å². The zero-order valence-corrected chi connectivity index (χ0v) is 14.7. The van der Waals surface area contributed by atoms with E-state index in [0.717, 1.165) is 23.7 Å². The molecule has 3 aromatic rings. The molecule has 1 aromatic heterocycles. The first-order chi connectivity index (χ1) is 13.2. The normalized spacial score (nSPS) is 17.8. The van der Waals surface area contributed by atoms with Crippen molar-refractivity contribution in [3.63, 3.8) is 0 Å². The van der Waals surface area contributed by atoms with Crippen LogP contribution in [-0.4, -0.2) is 29.1 Å². The van der Waals surface area contributed by atoms with Gasteiger partial charge in [-0.05, 0) is 54.3 Å². The van der Waals surface area contributed by atoms with E-state index in [9.17, 15) is 9.18 Å². The average molecular weight is 366 g/mol. The molecular weight excluding hydrogens is 347 g/mol. The van der Waals surface area contributed by atoms with Gasteiger partial charge >= 0.3 is 5.97 Å². The Morgan fingerprint density at radius 1 is 1.22 bits per heavy atom. The number of esters is 1. The summed E-state index contributed by atoms with van der Waals surface area (Å²) in [7, 11) is 0. The van der Waals surface area contributed by atoms with Gasteiger partial charge in [-0.2, -0.15) is 5.10 Å². The lowest BCUT2D eigenvalue weighted by atomic mass is 10.0. The number of ether oxygens (including phenoxy) is 2. The molecule has 2 aromatic carbocycles. The van der Waals surface area contributed by atoms with Crippen LogP contribution < -0.4 is 0 Å². The highest BCUT2D eigenvalue weighted by atomic mass is 19.1. The summed E-state index contributed by atoms with van der Waals surface area (Å²) in [6.45, 7) is 0.593. The summed E-state index contributed by atoms with van der Waals surface area (Å²) in [6.07, 6.45) is 5.51. The van der Waals surface area contributed by atoms with E-state index in [4.69, 9.17) is 9.47 Å². The third-order valence-corrected chi connectivity index (χ3v) is 4.53. The monoisotopic (exact) mass is 366 g/mol. The van der Waals surface area contributed by atoms with Crippen LogP contribution in [0.25, 0.3) is 22.6 Å². The summed E-state index contributed by atoms with van der Waals surface area (Å²) < 4.78 is 24.3. The van der Waals surface area contributed by atoms with E-state index in [1.54, 1.807) is 24.4 Å². The van der Waals surface area contributed by atoms with Crippen LogP contribution in [0.15, 0.2) is 48.7 Å². The van der Waals surface area contributed by atoms with Gasteiger partial charge in [0, 0.05) is 11.8 Å². The Labute approximate surface area is 155 Å². The van der Waals surface area contributed by atoms with Crippen LogP contribution in [-0.2, 0) is 14.3 Å². The SMILES string of the molecule is O=C(OC1CCCCO1)C(=Cc1ccc(F)cc1)c1ccc2[nH]ncc2c1. The third-order valence-electron chi connectivity index (χ3n) is 4.53. The molecule has 2 heterocycles. The first-order valence-corrected chi connectivity index (χ1v) is 8.92. The summed E-state index contributed by atoms with van der Waals surface area (Å²) in [6, 6.07) is 11.5. The van der Waals surface area contributed by atoms with Crippen molar-refractivity contribution in [3.8, 4) is 0 Å². The molecule has 0 bridgehead atoms. The Hall–Kier alpha value is -2.99. The predicted octanol–water partition coefficient (Wildman–Crippen LogP) is 4.31. The number of halogens is 1. The van der Waals surface area contributed by atoms with E-state index >= 15 is 0 Å². The van der Waals surface area contributed by atoms with Gasteiger partial charge in [0.2, 0.25) is 6.29 Å². The predicted molar refractivity (Wildman–Crippen MR) is 100 cm³/mol. The number of hydrogen-bond donors (Lipinski definition) is 1. The topological polar surface area (TPSA) is 64.2 Å². The summed E-state index contributed by atoms with van der Waals surface area (Å²) in [5.74, 6) is -0.791. The van der Waals surface area contributed by atoms with Gasteiger partial charge in [-0.25, -0.2) is 9.18 Å². The van der Waals surface area contributed by atoms with Crippen LogP contribution in [0.4, 0.5) is 4.39 Å². The largest absolute Gasteiger partial charge is 0.432 e. The fraction of sp³-hybridized carbons (Fsp3) is 0.238. The van der Waals surface area contributed by atoms with Crippen LogP contribution in [0.5, 0.6) is 0 Å². The van der Waals surface area contributed by atoms with Crippen molar-refractivity contribution in [1.82, 2.24) is 10.2 Å². The molecule has 4 rings (SSSR count). The highest BCUT2D eigenvalue weighted by Gasteiger charge is 2.22. The number of H-pyrrole nitrogens is 1. The van der Waals surface area contributed by atoms with Gasteiger partial charge in [-0.3, -0.25) is 5.10 Å².